The largest absolute Gasteiger partial charge is 0.376 e. The molecule has 8 aromatic rings. The van der Waals surface area contributed by atoms with Gasteiger partial charge in [0.2, 0.25) is 0 Å². The fourth-order valence-electron chi connectivity index (χ4n) is 19.1. The Hall–Kier alpha value is -5.80. The maximum absolute atomic E-state index is 2.87. The van der Waals surface area contributed by atoms with Crippen molar-refractivity contribution in [1.82, 2.24) is 4.57 Å². The summed E-state index contributed by atoms with van der Waals surface area (Å²) in [4.78, 5) is 2.87. The second-order valence-corrected chi connectivity index (χ2v) is 24.1. The Morgan fingerprint density at radius 3 is 1.67 bits per heavy atom. The molecule has 0 radical (unpaired) electrons. The third kappa shape index (κ3) is 4.62. The summed E-state index contributed by atoms with van der Waals surface area (Å²) in [7, 11) is 0. The van der Waals surface area contributed by atoms with E-state index in [1.54, 1.807) is 11.1 Å². The normalized spacial score (nSPS) is 30.2. The standard InChI is InChI=1S/C64H57BN2/c1-38-21-51-49-15-10-17-54-60(49)67(57-18-9-8-16-53(57)64(54,45-11-4-2-5-12-45)46-13-6-3-7-14-46)65-55-31-48(63-35-42-26-43(36-63)28-44(27-42)37-63)30-52-50-29-47(62-32-39-23-40(33-62)25-41(24-39)34-62)19-20-56(50)66(61(52)55)58(22-38)59(51)65/h2-22,29-31,39-44H,23-28,32-37H2,1H3. The molecule has 3 aliphatic heterocycles. The van der Waals surface area contributed by atoms with Gasteiger partial charge < -0.3 is 9.38 Å². The third-order valence-corrected chi connectivity index (χ3v) is 20.5. The molecule has 0 saturated heterocycles. The molecule has 3 heteroatoms. The number of anilines is 2. The Balaban J connectivity index is 0.990. The predicted molar refractivity (Wildman–Crippen MR) is 276 cm³/mol. The summed E-state index contributed by atoms with van der Waals surface area (Å²) in [5, 5.41) is 3.03. The summed E-state index contributed by atoms with van der Waals surface area (Å²) in [6.07, 6.45) is 17.2. The summed E-state index contributed by atoms with van der Waals surface area (Å²) >= 11 is 0. The van der Waals surface area contributed by atoms with E-state index in [1.165, 1.54) is 166 Å². The van der Waals surface area contributed by atoms with Crippen LogP contribution in [-0.2, 0) is 16.2 Å². The first kappa shape index (κ1) is 37.2. The number of aryl methyl sites for hydroxylation is 1. The number of nitrogens with zero attached hydrogens (tertiary/aromatic N) is 2. The van der Waals surface area contributed by atoms with E-state index in [2.05, 4.69) is 162 Å². The summed E-state index contributed by atoms with van der Waals surface area (Å²) in [5.74, 6) is 5.45. The average Bonchev–Trinajstić information content (AvgIpc) is 3.67. The van der Waals surface area contributed by atoms with Gasteiger partial charge in [-0.1, -0.05) is 115 Å². The van der Waals surface area contributed by atoms with Crippen LogP contribution in [0, 0.1) is 42.4 Å². The van der Waals surface area contributed by atoms with Crippen LogP contribution in [0.1, 0.15) is 116 Å². The second kappa shape index (κ2) is 12.6. The molecule has 19 rings (SSSR count). The minimum Gasteiger partial charge on any atom is -0.376 e. The fraction of sp³-hybridized carbons (Fsp3) is 0.344. The van der Waals surface area contributed by atoms with E-state index in [9.17, 15) is 0 Å². The van der Waals surface area contributed by atoms with Crippen LogP contribution < -0.4 is 15.7 Å². The Morgan fingerprint density at radius 1 is 0.463 bits per heavy atom. The predicted octanol–water partition coefficient (Wildman–Crippen LogP) is 14.0. The quantitative estimate of drug-likeness (QED) is 0.160. The van der Waals surface area contributed by atoms with Crippen LogP contribution in [0.2, 0.25) is 0 Å². The molecule has 326 valence electrons. The van der Waals surface area contributed by atoms with Gasteiger partial charge in [0.1, 0.15) is 0 Å². The van der Waals surface area contributed by atoms with Gasteiger partial charge in [0, 0.05) is 33.4 Å². The van der Waals surface area contributed by atoms with Crippen molar-refractivity contribution < 1.29 is 0 Å². The Morgan fingerprint density at radius 2 is 1.03 bits per heavy atom. The molecule has 0 N–H and O–H groups in total. The van der Waals surface area contributed by atoms with Gasteiger partial charge in [0.15, 0.2) is 0 Å². The second-order valence-electron chi connectivity index (χ2n) is 24.1. The summed E-state index contributed by atoms with van der Waals surface area (Å²) in [6.45, 7) is 2.38. The van der Waals surface area contributed by atoms with Crippen molar-refractivity contribution in [3.8, 4) is 16.8 Å². The zero-order chi connectivity index (χ0) is 43.5. The average molecular weight is 865 g/mol. The first-order chi connectivity index (χ1) is 32.9. The molecule has 11 aliphatic rings. The van der Waals surface area contributed by atoms with E-state index >= 15 is 0 Å². The Bertz CT molecular complexity index is 3360. The lowest BCUT2D eigenvalue weighted by molar-refractivity contribution is -0.00526. The molecule has 0 spiro atoms. The molecule has 8 saturated carbocycles. The van der Waals surface area contributed by atoms with E-state index in [1.807, 2.05) is 0 Å². The highest BCUT2D eigenvalue weighted by Gasteiger charge is 2.56. The SMILES string of the molecule is Cc1cc2c3c(c1)-n1c4ccc(C56CC7CC(CC(C7)C5)C6)cc4c4cc(C56CC7CC(CC(C7)C5)C6)cc(c41)B3N1c3ccccc3C(c3ccccc3)(c3ccccc3)c3cccc-2c31. The molecule has 0 amide bonds. The van der Waals surface area contributed by atoms with Crippen LogP contribution in [0.4, 0.5) is 11.4 Å². The first-order valence-corrected chi connectivity index (χ1v) is 26.4. The topological polar surface area (TPSA) is 8.17 Å². The van der Waals surface area contributed by atoms with Crippen molar-refractivity contribution in [1.29, 1.82) is 0 Å². The molecule has 67 heavy (non-hydrogen) atoms. The molecule has 7 aromatic carbocycles. The van der Waals surface area contributed by atoms with Crippen molar-refractivity contribution in [3.05, 3.63) is 185 Å². The molecular weight excluding hydrogens is 808 g/mol. The number of fused-ring (bicyclic) bond motifs is 9. The van der Waals surface area contributed by atoms with E-state index in [4.69, 9.17) is 0 Å². The first-order valence-electron chi connectivity index (χ1n) is 26.4. The molecule has 8 bridgehead atoms. The summed E-state index contributed by atoms with van der Waals surface area (Å²) < 4.78 is 2.78. The molecule has 0 unspecified atom stereocenters. The van der Waals surface area contributed by atoms with Gasteiger partial charge in [0.25, 0.3) is 0 Å². The third-order valence-electron chi connectivity index (χ3n) is 20.5. The van der Waals surface area contributed by atoms with Crippen LogP contribution in [0.15, 0.2) is 146 Å². The van der Waals surface area contributed by atoms with Crippen LogP contribution in [-0.4, -0.2) is 11.4 Å². The molecule has 0 atom stereocenters. The number of hydrogen-bond donors (Lipinski definition) is 0. The number of aromatic nitrogens is 1. The van der Waals surface area contributed by atoms with Crippen molar-refractivity contribution in [2.75, 3.05) is 4.81 Å². The number of para-hydroxylation sites is 2. The minimum absolute atomic E-state index is 0.0285. The van der Waals surface area contributed by atoms with Crippen molar-refractivity contribution in [2.24, 2.45) is 35.5 Å². The zero-order valence-corrected chi connectivity index (χ0v) is 38.8. The summed E-state index contributed by atoms with van der Waals surface area (Å²) in [6, 6.07) is 58.5. The molecule has 1 aromatic heterocycles. The van der Waals surface area contributed by atoms with Crippen LogP contribution >= 0.6 is 0 Å². The smallest absolute Gasteiger partial charge is 0.333 e. The van der Waals surface area contributed by atoms with Gasteiger partial charge in [-0.05, 0) is 216 Å². The van der Waals surface area contributed by atoms with E-state index < -0.39 is 5.41 Å². The lowest BCUT2D eigenvalue weighted by atomic mass is 9.41. The highest BCUT2D eigenvalue weighted by molar-refractivity contribution is 6.93. The van der Waals surface area contributed by atoms with Crippen molar-refractivity contribution in [2.45, 2.75) is 100 Å². The van der Waals surface area contributed by atoms with Gasteiger partial charge in [-0.2, -0.15) is 0 Å². The van der Waals surface area contributed by atoms with Gasteiger partial charge in [-0.25, -0.2) is 0 Å². The van der Waals surface area contributed by atoms with E-state index in [-0.39, 0.29) is 12.3 Å². The minimum atomic E-state index is -0.501. The van der Waals surface area contributed by atoms with Crippen molar-refractivity contribution >= 4 is 51.0 Å². The highest BCUT2D eigenvalue weighted by atomic mass is 15.1. The fourth-order valence-corrected chi connectivity index (χ4v) is 19.1. The zero-order valence-electron chi connectivity index (χ0n) is 38.8. The summed E-state index contributed by atoms with van der Waals surface area (Å²) in [5.41, 5.74) is 22.9. The van der Waals surface area contributed by atoms with Crippen LogP contribution in [0.3, 0.4) is 0 Å². The lowest BCUT2D eigenvalue weighted by Gasteiger charge is -2.57. The Labute approximate surface area is 395 Å². The van der Waals surface area contributed by atoms with Gasteiger partial charge >= 0.3 is 6.85 Å². The van der Waals surface area contributed by atoms with Gasteiger partial charge in [-0.3, -0.25) is 0 Å². The van der Waals surface area contributed by atoms with Gasteiger partial charge in [0.05, 0.1) is 16.4 Å². The Kier molecular flexibility index (Phi) is 7.02. The van der Waals surface area contributed by atoms with Crippen LogP contribution in [0.5, 0.6) is 0 Å². The molecule has 8 fully saturated rings. The lowest BCUT2D eigenvalue weighted by Crippen LogP contribution is -2.62. The molecule has 8 aliphatic carbocycles. The number of benzene rings is 7. The number of hydrogen-bond acceptors (Lipinski definition) is 1. The maximum Gasteiger partial charge on any atom is 0.333 e. The maximum atomic E-state index is 2.87. The highest BCUT2D eigenvalue weighted by Crippen LogP contribution is 2.64. The van der Waals surface area contributed by atoms with Crippen molar-refractivity contribution in [3.63, 3.8) is 0 Å². The monoisotopic (exact) mass is 864 g/mol. The molecule has 2 nitrogen and oxygen atoms in total. The molecule has 4 heterocycles. The van der Waals surface area contributed by atoms with E-state index in [0.717, 1.165) is 35.5 Å². The van der Waals surface area contributed by atoms with E-state index in [0.29, 0.717) is 5.41 Å². The number of rotatable bonds is 4. The molecular formula is C64H57BN2. The van der Waals surface area contributed by atoms with Gasteiger partial charge in [-0.15, -0.1) is 0 Å². The van der Waals surface area contributed by atoms with Crippen LogP contribution in [0.25, 0.3) is 38.6 Å².